The van der Waals surface area contributed by atoms with E-state index in [1.165, 1.54) is 0 Å². The summed E-state index contributed by atoms with van der Waals surface area (Å²) in [6.07, 6.45) is 0. The van der Waals surface area contributed by atoms with Crippen LogP contribution in [-0.2, 0) is 13.2 Å². The van der Waals surface area contributed by atoms with Crippen LogP contribution in [0.2, 0.25) is 0 Å². The second kappa shape index (κ2) is 6.33. The summed E-state index contributed by atoms with van der Waals surface area (Å²) in [6.45, 7) is 5.11. The fraction of sp³-hybridized carbons (Fsp3) is 0.429. The summed E-state index contributed by atoms with van der Waals surface area (Å²) in [6, 6.07) is 7.91. The second-order valence-electron chi connectivity index (χ2n) is 4.63. The van der Waals surface area contributed by atoms with Crippen molar-refractivity contribution < 1.29 is 9.26 Å². The first-order chi connectivity index (χ1) is 9.20. The predicted molar refractivity (Wildman–Crippen MR) is 71.9 cm³/mol. The van der Waals surface area contributed by atoms with E-state index in [9.17, 15) is 0 Å². The van der Waals surface area contributed by atoms with Gasteiger partial charge in [0, 0.05) is 18.0 Å². The topological polar surface area (TPSA) is 60.2 Å². The van der Waals surface area contributed by atoms with E-state index in [4.69, 9.17) is 9.26 Å². The Kier molecular flexibility index (Phi) is 4.52. The zero-order chi connectivity index (χ0) is 13.7. The van der Waals surface area contributed by atoms with E-state index in [1.807, 2.05) is 45.2 Å². The maximum absolute atomic E-state index is 5.74. The highest BCUT2D eigenvalue weighted by Gasteiger charge is 2.10. The fourth-order valence-corrected chi connectivity index (χ4v) is 1.68. The molecule has 102 valence electrons. The van der Waals surface area contributed by atoms with E-state index < -0.39 is 0 Å². The van der Waals surface area contributed by atoms with Crippen LogP contribution >= 0.6 is 0 Å². The molecule has 0 radical (unpaired) electrons. The maximum Gasteiger partial charge on any atom is 0.229 e. The van der Waals surface area contributed by atoms with Gasteiger partial charge in [0.15, 0.2) is 6.61 Å². The Bertz CT molecular complexity index is 523. The zero-order valence-electron chi connectivity index (χ0n) is 11.5. The van der Waals surface area contributed by atoms with Crippen molar-refractivity contribution in [2.75, 3.05) is 7.05 Å². The van der Waals surface area contributed by atoms with Crippen LogP contribution in [0.4, 0.5) is 0 Å². The molecule has 1 N–H and O–H groups in total. The van der Waals surface area contributed by atoms with E-state index >= 15 is 0 Å². The van der Waals surface area contributed by atoms with Crippen LogP contribution in [0.25, 0.3) is 0 Å². The smallest absolute Gasteiger partial charge is 0.229 e. The van der Waals surface area contributed by atoms with Gasteiger partial charge in [0.1, 0.15) is 5.75 Å². The standard InChI is InChI=1S/C14H19N3O2/c1-10(2)14-16-13(17-19-14)9-18-12-7-5-4-6-11(12)8-15-3/h4-7,10,15H,8-9H2,1-3H3. The highest BCUT2D eigenvalue weighted by molar-refractivity contribution is 5.33. The van der Waals surface area contributed by atoms with Crippen molar-refractivity contribution in [3.8, 4) is 5.75 Å². The molecular formula is C14H19N3O2. The number of hydrogen-bond donors (Lipinski definition) is 1. The summed E-state index contributed by atoms with van der Waals surface area (Å²) in [5, 5.41) is 7.01. The summed E-state index contributed by atoms with van der Waals surface area (Å²) < 4.78 is 10.9. The molecule has 2 aromatic rings. The van der Waals surface area contributed by atoms with Crippen LogP contribution in [0.3, 0.4) is 0 Å². The largest absolute Gasteiger partial charge is 0.485 e. The third-order valence-electron chi connectivity index (χ3n) is 2.67. The van der Waals surface area contributed by atoms with Gasteiger partial charge in [-0.15, -0.1) is 0 Å². The SMILES string of the molecule is CNCc1ccccc1OCc1noc(C(C)C)n1. The van der Waals surface area contributed by atoms with Gasteiger partial charge >= 0.3 is 0 Å². The first-order valence-corrected chi connectivity index (χ1v) is 6.38. The molecule has 0 atom stereocenters. The Morgan fingerprint density at radius 1 is 1.32 bits per heavy atom. The van der Waals surface area contributed by atoms with E-state index in [1.54, 1.807) is 0 Å². The number of nitrogens with one attached hydrogen (secondary N) is 1. The summed E-state index contributed by atoms with van der Waals surface area (Å²) in [7, 11) is 1.91. The first-order valence-electron chi connectivity index (χ1n) is 6.38. The van der Waals surface area contributed by atoms with Crippen molar-refractivity contribution in [3.63, 3.8) is 0 Å². The third kappa shape index (κ3) is 3.54. The van der Waals surface area contributed by atoms with Gasteiger partial charge in [-0.3, -0.25) is 0 Å². The first kappa shape index (κ1) is 13.5. The summed E-state index contributed by atoms with van der Waals surface area (Å²) >= 11 is 0. The maximum atomic E-state index is 5.74. The van der Waals surface area contributed by atoms with Crippen LogP contribution in [0.1, 0.15) is 37.0 Å². The van der Waals surface area contributed by atoms with Gasteiger partial charge in [-0.25, -0.2) is 0 Å². The van der Waals surface area contributed by atoms with Crippen molar-refractivity contribution in [1.29, 1.82) is 0 Å². The van der Waals surface area contributed by atoms with Gasteiger partial charge in [-0.1, -0.05) is 37.2 Å². The minimum absolute atomic E-state index is 0.234. The highest BCUT2D eigenvalue weighted by Crippen LogP contribution is 2.19. The Morgan fingerprint density at radius 3 is 2.79 bits per heavy atom. The number of hydrogen-bond acceptors (Lipinski definition) is 5. The molecular weight excluding hydrogens is 242 g/mol. The molecule has 1 heterocycles. The quantitative estimate of drug-likeness (QED) is 0.865. The van der Waals surface area contributed by atoms with Gasteiger partial charge in [0.05, 0.1) is 0 Å². The van der Waals surface area contributed by atoms with Crippen LogP contribution in [0.5, 0.6) is 5.75 Å². The zero-order valence-corrected chi connectivity index (χ0v) is 11.5. The van der Waals surface area contributed by atoms with Crippen LogP contribution in [0.15, 0.2) is 28.8 Å². The van der Waals surface area contributed by atoms with Gasteiger partial charge in [0.2, 0.25) is 11.7 Å². The molecule has 1 aromatic carbocycles. The third-order valence-corrected chi connectivity index (χ3v) is 2.67. The highest BCUT2D eigenvalue weighted by atomic mass is 16.5. The molecule has 0 unspecified atom stereocenters. The molecule has 0 bridgehead atoms. The number of para-hydroxylation sites is 1. The molecule has 0 fully saturated rings. The lowest BCUT2D eigenvalue weighted by atomic mass is 10.2. The molecule has 0 saturated carbocycles. The van der Waals surface area contributed by atoms with Gasteiger partial charge in [-0.2, -0.15) is 4.98 Å². The molecule has 0 saturated heterocycles. The average Bonchev–Trinajstić information content (AvgIpc) is 2.87. The lowest BCUT2D eigenvalue weighted by Crippen LogP contribution is -2.07. The number of nitrogens with zero attached hydrogens (tertiary/aromatic N) is 2. The normalized spacial score (nSPS) is 10.9. The number of rotatable bonds is 6. The van der Waals surface area contributed by atoms with Gasteiger partial charge < -0.3 is 14.6 Å². The summed E-state index contributed by atoms with van der Waals surface area (Å²) in [5.41, 5.74) is 1.11. The van der Waals surface area contributed by atoms with Crippen molar-refractivity contribution in [3.05, 3.63) is 41.5 Å². The number of benzene rings is 1. The second-order valence-corrected chi connectivity index (χ2v) is 4.63. The summed E-state index contributed by atoms with van der Waals surface area (Å²) in [4.78, 5) is 4.28. The lowest BCUT2D eigenvalue weighted by molar-refractivity contribution is 0.281. The Balaban J connectivity index is 2.01. The fourth-order valence-electron chi connectivity index (χ4n) is 1.68. The van der Waals surface area contributed by atoms with E-state index in [0.717, 1.165) is 17.9 Å². The predicted octanol–water partition coefficient (Wildman–Crippen LogP) is 2.49. The van der Waals surface area contributed by atoms with Crippen LogP contribution in [0, 0.1) is 0 Å². The van der Waals surface area contributed by atoms with Crippen LogP contribution < -0.4 is 10.1 Å². The summed E-state index contributed by atoms with van der Waals surface area (Å²) in [5.74, 6) is 2.29. The minimum Gasteiger partial charge on any atom is -0.485 e. The molecule has 5 heteroatoms. The van der Waals surface area contributed by atoms with E-state index in [0.29, 0.717) is 18.3 Å². The van der Waals surface area contributed by atoms with Crippen molar-refractivity contribution >= 4 is 0 Å². The minimum atomic E-state index is 0.234. The van der Waals surface area contributed by atoms with Crippen molar-refractivity contribution in [2.45, 2.75) is 32.9 Å². The van der Waals surface area contributed by atoms with E-state index in [2.05, 4.69) is 15.5 Å². The van der Waals surface area contributed by atoms with Crippen LogP contribution in [-0.4, -0.2) is 17.2 Å². The van der Waals surface area contributed by atoms with Gasteiger partial charge in [0.25, 0.3) is 0 Å². The number of aromatic nitrogens is 2. The molecule has 2 rings (SSSR count). The molecule has 19 heavy (non-hydrogen) atoms. The molecule has 0 spiro atoms. The Hall–Kier alpha value is -1.88. The monoisotopic (exact) mass is 261 g/mol. The van der Waals surface area contributed by atoms with Crippen molar-refractivity contribution in [2.24, 2.45) is 0 Å². The average molecular weight is 261 g/mol. The van der Waals surface area contributed by atoms with Crippen molar-refractivity contribution in [1.82, 2.24) is 15.5 Å². The van der Waals surface area contributed by atoms with E-state index in [-0.39, 0.29) is 5.92 Å². The number of ether oxygens (including phenoxy) is 1. The molecule has 0 amide bonds. The lowest BCUT2D eigenvalue weighted by Gasteiger charge is -2.09. The van der Waals surface area contributed by atoms with Gasteiger partial charge in [-0.05, 0) is 13.1 Å². The molecule has 0 aliphatic heterocycles. The molecule has 0 aliphatic rings. The Labute approximate surface area is 113 Å². The molecule has 1 aromatic heterocycles. The molecule has 0 aliphatic carbocycles. The Morgan fingerprint density at radius 2 is 2.11 bits per heavy atom. The molecule has 5 nitrogen and oxygen atoms in total.